The highest BCUT2D eigenvalue weighted by atomic mass is 31.1. The summed E-state index contributed by atoms with van der Waals surface area (Å²) in [6.45, 7) is 4.44. The van der Waals surface area contributed by atoms with Crippen molar-refractivity contribution in [1.82, 2.24) is 0 Å². The summed E-state index contributed by atoms with van der Waals surface area (Å²) >= 11 is 0. The van der Waals surface area contributed by atoms with Crippen LogP contribution in [0.2, 0.25) is 0 Å². The number of hydrogen-bond donors (Lipinski definition) is 0. The Bertz CT molecular complexity index is 474. The van der Waals surface area contributed by atoms with Gasteiger partial charge in [-0.15, -0.1) is 0 Å². The molecule has 2 aromatic carbocycles. The van der Waals surface area contributed by atoms with Crippen molar-refractivity contribution in [3.8, 4) is 11.1 Å². The molecule has 0 N–H and O–H groups in total. The average molecular weight is 228 g/mol. The van der Waals surface area contributed by atoms with Crippen molar-refractivity contribution in [3.63, 3.8) is 0 Å². The minimum atomic E-state index is 0.852. The average Bonchev–Trinajstić information content (AvgIpc) is 2.38. The molecule has 1 heteroatoms. The molecule has 0 radical (unpaired) electrons. The molecule has 16 heavy (non-hydrogen) atoms. The van der Waals surface area contributed by atoms with Crippen LogP contribution in [0.5, 0.6) is 0 Å². The van der Waals surface area contributed by atoms with Crippen molar-refractivity contribution >= 4 is 13.9 Å². The van der Waals surface area contributed by atoms with Crippen LogP contribution in [0.15, 0.2) is 48.5 Å². The fourth-order valence-corrected chi connectivity index (χ4v) is 2.67. The van der Waals surface area contributed by atoms with E-state index in [0.29, 0.717) is 0 Å². The van der Waals surface area contributed by atoms with Gasteiger partial charge in [0.25, 0.3) is 0 Å². The van der Waals surface area contributed by atoms with Crippen LogP contribution in [-0.4, -0.2) is 6.66 Å². The molecule has 82 valence electrons. The fourth-order valence-electron chi connectivity index (χ4n) is 1.91. The Balaban J connectivity index is 2.49. The van der Waals surface area contributed by atoms with Gasteiger partial charge in [0.15, 0.2) is 0 Å². The summed E-state index contributed by atoms with van der Waals surface area (Å²) in [7, 11) is 0.852. The molecule has 0 aliphatic heterocycles. The standard InChI is InChI=1S/C15H17P/c1-3-12-7-6-8-13(11-12)14-9-4-5-10-15(14)16-2/h4-11,16H,3H2,1-2H3. The van der Waals surface area contributed by atoms with Crippen LogP contribution >= 0.6 is 8.58 Å². The van der Waals surface area contributed by atoms with Crippen LogP contribution in [0.4, 0.5) is 0 Å². The Morgan fingerprint density at radius 1 is 1.00 bits per heavy atom. The van der Waals surface area contributed by atoms with Gasteiger partial charge in [-0.1, -0.05) is 64.0 Å². The monoisotopic (exact) mass is 228 g/mol. The molecule has 0 saturated carbocycles. The zero-order valence-electron chi connectivity index (χ0n) is 9.83. The molecular formula is C15H17P. The Morgan fingerprint density at radius 2 is 1.81 bits per heavy atom. The van der Waals surface area contributed by atoms with E-state index in [1.807, 2.05) is 0 Å². The molecule has 0 fully saturated rings. The van der Waals surface area contributed by atoms with E-state index in [-0.39, 0.29) is 0 Å². The van der Waals surface area contributed by atoms with E-state index in [1.54, 1.807) is 0 Å². The quantitative estimate of drug-likeness (QED) is 0.700. The number of hydrogen-bond acceptors (Lipinski definition) is 0. The van der Waals surface area contributed by atoms with Crippen molar-refractivity contribution in [2.24, 2.45) is 0 Å². The molecule has 1 atom stereocenters. The van der Waals surface area contributed by atoms with Crippen molar-refractivity contribution in [3.05, 3.63) is 54.1 Å². The molecule has 0 heterocycles. The zero-order valence-corrected chi connectivity index (χ0v) is 10.8. The van der Waals surface area contributed by atoms with E-state index < -0.39 is 0 Å². The van der Waals surface area contributed by atoms with E-state index in [2.05, 4.69) is 62.1 Å². The molecule has 1 unspecified atom stereocenters. The molecular weight excluding hydrogens is 211 g/mol. The van der Waals surface area contributed by atoms with Crippen molar-refractivity contribution in [2.75, 3.05) is 6.66 Å². The lowest BCUT2D eigenvalue weighted by atomic mass is 10.0. The first kappa shape index (κ1) is 11.4. The van der Waals surface area contributed by atoms with E-state index in [4.69, 9.17) is 0 Å². The van der Waals surface area contributed by atoms with Crippen LogP contribution < -0.4 is 5.30 Å². The molecule has 0 saturated heterocycles. The van der Waals surface area contributed by atoms with Gasteiger partial charge >= 0.3 is 0 Å². The van der Waals surface area contributed by atoms with Gasteiger partial charge in [-0.2, -0.15) is 0 Å². The molecule has 0 amide bonds. The number of benzene rings is 2. The summed E-state index contributed by atoms with van der Waals surface area (Å²) in [6, 6.07) is 17.6. The molecule has 0 aromatic heterocycles. The molecule has 2 aromatic rings. The first-order chi connectivity index (χ1) is 7.85. The summed E-state index contributed by atoms with van der Waals surface area (Å²) in [5, 5.41) is 1.45. The molecule has 2 rings (SSSR count). The van der Waals surface area contributed by atoms with Gasteiger partial charge in [0.1, 0.15) is 0 Å². The SMILES string of the molecule is CCc1cccc(-c2ccccc2PC)c1. The fraction of sp³-hybridized carbons (Fsp3) is 0.200. The predicted molar refractivity (Wildman–Crippen MR) is 75.1 cm³/mol. The van der Waals surface area contributed by atoms with Crippen LogP contribution in [0.3, 0.4) is 0 Å². The lowest BCUT2D eigenvalue weighted by molar-refractivity contribution is 1.14. The van der Waals surface area contributed by atoms with E-state index in [1.165, 1.54) is 22.0 Å². The van der Waals surface area contributed by atoms with Gasteiger partial charge in [-0.25, -0.2) is 0 Å². The van der Waals surface area contributed by atoms with Crippen molar-refractivity contribution in [2.45, 2.75) is 13.3 Å². The van der Waals surface area contributed by atoms with E-state index in [9.17, 15) is 0 Å². The third-order valence-electron chi connectivity index (χ3n) is 2.84. The van der Waals surface area contributed by atoms with Gasteiger partial charge in [-0.05, 0) is 35.1 Å². The summed E-state index contributed by atoms with van der Waals surface area (Å²) in [6.07, 6.45) is 1.10. The summed E-state index contributed by atoms with van der Waals surface area (Å²) in [5.74, 6) is 0. The second-order valence-electron chi connectivity index (χ2n) is 3.85. The summed E-state index contributed by atoms with van der Waals surface area (Å²) in [4.78, 5) is 0. The largest absolute Gasteiger partial charge is 0.0929 e. The second-order valence-corrected chi connectivity index (χ2v) is 4.89. The van der Waals surface area contributed by atoms with Gasteiger partial charge in [0.2, 0.25) is 0 Å². The number of rotatable bonds is 3. The van der Waals surface area contributed by atoms with Crippen LogP contribution in [0.1, 0.15) is 12.5 Å². The molecule has 0 aliphatic carbocycles. The lowest BCUT2D eigenvalue weighted by Gasteiger charge is -2.08. The first-order valence-electron chi connectivity index (χ1n) is 5.71. The van der Waals surface area contributed by atoms with Crippen LogP contribution in [-0.2, 0) is 6.42 Å². The van der Waals surface area contributed by atoms with Gasteiger partial charge in [-0.3, -0.25) is 0 Å². The Kier molecular flexibility index (Phi) is 3.74. The normalized spacial score (nSPS) is 11.1. The van der Waals surface area contributed by atoms with Crippen molar-refractivity contribution in [1.29, 1.82) is 0 Å². The van der Waals surface area contributed by atoms with Crippen LogP contribution in [0.25, 0.3) is 11.1 Å². The topological polar surface area (TPSA) is 0 Å². The Morgan fingerprint density at radius 3 is 2.56 bits per heavy atom. The van der Waals surface area contributed by atoms with Gasteiger partial charge in [0, 0.05) is 0 Å². The Labute approximate surface area is 99.5 Å². The first-order valence-corrected chi connectivity index (χ1v) is 7.21. The Hall–Kier alpha value is -1.13. The highest BCUT2D eigenvalue weighted by Gasteiger charge is 2.02. The maximum Gasteiger partial charge on any atom is -0.0110 e. The lowest BCUT2D eigenvalue weighted by Crippen LogP contribution is -1.98. The second kappa shape index (κ2) is 5.27. The smallest absolute Gasteiger partial charge is 0.0110 e. The molecule has 0 aliphatic rings. The maximum absolute atomic E-state index is 2.30. The third kappa shape index (κ3) is 2.33. The van der Waals surface area contributed by atoms with Gasteiger partial charge < -0.3 is 0 Å². The number of aryl methyl sites for hydroxylation is 1. The highest BCUT2D eigenvalue weighted by molar-refractivity contribution is 7.46. The predicted octanol–water partition coefficient (Wildman–Crippen LogP) is 3.85. The maximum atomic E-state index is 2.30. The van der Waals surface area contributed by atoms with E-state index in [0.717, 1.165) is 15.0 Å². The third-order valence-corrected chi connectivity index (χ3v) is 3.82. The molecule has 0 nitrogen and oxygen atoms in total. The van der Waals surface area contributed by atoms with Crippen molar-refractivity contribution < 1.29 is 0 Å². The molecule has 0 spiro atoms. The minimum absolute atomic E-state index is 0.852. The van der Waals surface area contributed by atoms with E-state index >= 15 is 0 Å². The molecule has 0 bridgehead atoms. The summed E-state index contributed by atoms with van der Waals surface area (Å²) in [5.41, 5.74) is 4.15. The van der Waals surface area contributed by atoms with Gasteiger partial charge in [0.05, 0.1) is 0 Å². The van der Waals surface area contributed by atoms with Crippen LogP contribution in [0, 0.1) is 0 Å². The zero-order chi connectivity index (χ0) is 11.4. The highest BCUT2D eigenvalue weighted by Crippen LogP contribution is 2.22. The summed E-state index contributed by atoms with van der Waals surface area (Å²) < 4.78 is 0. The minimum Gasteiger partial charge on any atom is -0.0929 e.